The lowest BCUT2D eigenvalue weighted by Gasteiger charge is -2.14. The van der Waals surface area contributed by atoms with Crippen molar-refractivity contribution in [2.75, 3.05) is 5.32 Å². The molecule has 3 rings (SSSR count). The number of pyridine rings is 1. The highest BCUT2D eigenvalue weighted by molar-refractivity contribution is 5.92. The lowest BCUT2D eigenvalue weighted by molar-refractivity contribution is 0.0935. The van der Waals surface area contributed by atoms with Crippen LogP contribution in [0.5, 0.6) is 0 Å². The van der Waals surface area contributed by atoms with Crippen LogP contribution < -0.4 is 10.6 Å². The molecular weight excluding hydrogens is 336 g/mol. The summed E-state index contributed by atoms with van der Waals surface area (Å²) in [6.07, 6.45) is 1.42. The first kappa shape index (κ1) is 17.5. The summed E-state index contributed by atoms with van der Waals surface area (Å²) >= 11 is 0. The van der Waals surface area contributed by atoms with Crippen LogP contribution in [0.1, 0.15) is 29.0 Å². The predicted octanol–water partition coefficient (Wildman–Crippen LogP) is 4.59. The van der Waals surface area contributed by atoms with Gasteiger partial charge in [-0.15, -0.1) is 0 Å². The molecule has 6 heteroatoms. The van der Waals surface area contributed by atoms with Gasteiger partial charge in [0.15, 0.2) is 0 Å². The number of hydrogen-bond acceptors (Lipinski definition) is 3. The molecule has 0 spiro atoms. The predicted molar refractivity (Wildman–Crippen MR) is 96.2 cm³/mol. The van der Waals surface area contributed by atoms with E-state index in [4.69, 9.17) is 0 Å². The van der Waals surface area contributed by atoms with Crippen LogP contribution in [0.4, 0.5) is 20.2 Å². The third kappa shape index (κ3) is 4.22. The first-order chi connectivity index (χ1) is 12.5. The van der Waals surface area contributed by atoms with Crippen molar-refractivity contribution in [1.29, 1.82) is 0 Å². The van der Waals surface area contributed by atoms with Gasteiger partial charge in [0.05, 0.1) is 23.6 Å². The molecule has 0 aliphatic carbocycles. The van der Waals surface area contributed by atoms with E-state index in [-0.39, 0.29) is 23.3 Å². The molecule has 2 N–H and O–H groups in total. The topological polar surface area (TPSA) is 54.0 Å². The molecule has 1 atom stereocenters. The number of carbonyl (C=O) groups is 1. The number of nitrogens with zero attached hydrogens (tertiary/aromatic N) is 1. The maximum Gasteiger partial charge on any atom is 0.270 e. The molecule has 0 fully saturated rings. The number of anilines is 2. The summed E-state index contributed by atoms with van der Waals surface area (Å²) in [5.74, 6) is -1.66. The van der Waals surface area contributed by atoms with Crippen molar-refractivity contribution in [1.82, 2.24) is 10.3 Å². The lowest BCUT2D eigenvalue weighted by Crippen LogP contribution is -2.27. The van der Waals surface area contributed by atoms with Crippen molar-refractivity contribution < 1.29 is 13.6 Å². The Bertz CT molecular complexity index is 899. The molecule has 132 valence electrons. The fourth-order valence-electron chi connectivity index (χ4n) is 2.44. The second-order valence-corrected chi connectivity index (χ2v) is 5.79. The lowest BCUT2D eigenvalue weighted by atomic mass is 10.1. The van der Waals surface area contributed by atoms with Gasteiger partial charge in [0.2, 0.25) is 0 Å². The molecule has 0 saturated heterocycles. The van der Waals surface area contributed by atoms with Crippen LogP contribution in [0.3, 0.4) is 0 Å². The van der Waals surface area contributed by atoms with Crippen molar-refractivity contribution in [3.8, 4) is 0 Å². The standard InChI is InChI=1S/C20H17F2N3O/c1-13(14-5-3-2-4-6-14)24-20(26)19-10-8-16(12-23-19)25-18-9-7-15(21)11-17(18)22/h2-13,25H,1H3,(H,24,26). The number of hydrogen-bond donors (Lipinski definition) is 2. The van der Waals surface area contributed by atoms with Gasteiger partial charge in [-0.1, -0.05) is 30.3 Å². The number of nitrogens with one attached hydrogen (secondary N) is 2. The van der Waals surface area contributed by atoms with E-state index in [0.717, 1.165) is 17.7 Å². The van der Waals surface area contributed by atoms with E-state index in [9.17, 15) is 13.6 Å². The summed E-state index contributed by atoms with van der Waals surface area (Å²) in [4.78, 5) is 16.4. The molecule has 4 nitrogen and oxygen atoms in total. The van der Waals surface area contributed by atoms with E-state index in [0.29, 0.717) is 5.69 Å². The van der Waals surface area contributed by atoms with Crippen LogP contribution in [0.15, 0.2) is 66.9 Å². The Labute approximate surface area is 149 Å². The molecule has 0 saturated carbocycles. The fraction of sp³-hybridized carbons (Fsp3) is 0.100. The first-order valence-corrected chi connectivity index (χ1v) is 8.07. The van der Waals surface area contributed by atoms with E-state index in [1.54, 1.807) is 6.07 Å². The largest absolute Gasteiger partial charge is 0.352 e. The van der Waals surface area contributed by atoms with Crippen molar-refractivity contribution in [3.63, 3.8) is 0 Å². The zero-order chi connectivity index (χ0) is 18.5. The van der Waals surface area contributed by atoms with Gasteiger partial charge in [0.25, 0.3) is 5.91 Å². The van der Waals surface area contributed by atoms with Crippen LogP contribution >= 0.6 is 0 Å². The van der Waals surface area contributed by atoms with Gasteiger partial charge in [-0.2, -0.15) is 0 Å². The Morgan fingerprint density at radius 1 is 1.04 bits per heavy atom. The van der Waals surface area contributed by atoms with Gasteiger partial charge >= 0.3 is 0 Å². The van der Waals surface area contributed by atoms with Crippen LogP contribution in [0.2, 0.25) is 0 Å². The number of aromatic nitrogens is 1. The first-order valence-electron chi connectivity index (χ1n) is 8.07. The molecule has 3 aromatic rings. The summed E-state index contributed by atoms with van der Waals surface area (Å²) in [7, 11) is 0. The maximum atomic E-state index is 13.7. The van der Waals surface area contributed by atoms with Crippen LogP contribution in [0, 0.1) is 11.6 Å². The van der Waals surface area contributed by atoms with Gasteiger partial charge in [0.1, 0.15) is 17.3 Å². The molecule has 0 bridgehead atoms. The molecule has 1 unspecified atom stereocenters. The highest BCUT2D eigenvalue weighted by Crippen LogP contribution is 2.20. The van der Waals surface area contributed by atoms with E-state index in [1.165, 1.54) is 18.3 Å². The highest BCUT2D eigenvalue weighted by atomic mass is 19.1. The van der Waals surface area contributed by atoms with Gasteiger partial charge < -0.3 is 10.6 Å². The molecule has 1 heterocycles. The Balaban J connectivity index is 1.66. The molecule has 26 heavy (non-hydrogen) atoms. The zero-order valence-electron chi connectivity index (χ0n) is 14.0. The van der Waals surface area contributed by atoms with Gasteiger partial charge in [-0.05, 0) is 36.8 Å². The van der Waals surface area contributed by atoms with Gasteiger partial charge in [-0.3, -0.25) is 4.79 Å². The van der Waals surface area contributed by atoms with Crippen molar-refractivity contribution in [2.24, 2.45) is 0 Å². The molecular formula is C20H17F2N3O. The summed E-state index contributed by atoms with van der Waals surface area (Å²) < 4.78 is 26.6. The van der Waals surface area contributed by atoms with E-state index < -0.39 is 11.6 Å². The van der Waals surface area contributed by atoms with Crippen LogP contribution in [-0.4, -0.2) is 10.9 Å². The number of rotatable bonds is 5. The number of benzene rings is 2. The third-order valence-corrected chi connectivity index (χ3v) is 3.85. The van der Waals surface area contributed by atoms with Crippen LogP contribution in [0.25, 0.3) is 0 Å². The molecule has 0 radical (unpaired) electrons. The molecule has 1 aromatic heterocycles. The summed E-state index contributed by atoms with van der Waals surface area (Å²) in [6.45, 7) is 1.89. The Morgan fingerprint density at radius 3 is 2.46 bits per heavy atom. The van der Waals surface area contributed by atoms with E-state index in [1.807, 2.05) is 37.3 Å². The number of halogens is 2. The quantitative estimate of drug-likeness (QED) is 0.705. The second kappa shape index (κ2) is 7.74. The third-order valence-electron chi connectivity index (χ3n) is 3.85. The van der Waals surface area contributed by atoms with Crippen molar-refractivity contribution in [2.45, 2.75) is 13.0 Å². The minimum absolute atomic E-state index is 0.128. The van der Waals surface area contributed by atoms with Gasteiger partial charge in [0, 0.05) is 6.07 Å². The van der Waals surface area contributed by atoms with E-state index in [2.05, 4.69) is 15.6 Å². The minimum atomic E-state index is -0.705. The maximum absolute atomic E-state index is 13.7. The fourth-order valence-corrected chi connectivity index (χ4v) is 2.44. The SMILES string of the molecule is CC(NC(=O)c1ccc(Nc2ccc(F)cc2F)cn1)c1ccccc1. The van der Waals surface area contributed by atoms with Crippen LogP contribution in [-0.2, 0) is 0 Å². The molecule has 2 aromatic carbocycles. The smallest absolute Gasteiger partial charge is 0.270 e. The minimum Gasteiger partial charge on any atom is -0.352 e. The number of carbonyl (C=O) groups excluding carboxylic acids is 1. The summed E-state index contributed by atoms with van der Waals surface area (Å²) in [6, 6.07) is 15.8. The van der Waals surface area contributed by atoms with Gasteiger partial charge in [-0.25, -0.2) is 13.8 Å². The summed E-state index contributed by atoms with van der Waals surface area (Å²) in [5.41, 5.74) is 1.86. The number of amides is 1. The normalized spacial score (nSPS) is 11.7. The molecule has 0 aliphatic rings. The summed E-state index contributed by atoms with van der Waals surface area (Å²) in [5, 5.41) is 5.67. The Hall–Kier alpha value is -3.28. The zero-order valence-corrected chi connectivity index (χ0v) is 14.0. The molecule has 0 aliphatic heterocycles. The highest BCUT2D eigenvalue weighted by Gasteiger charge is 2.12. The van der Waals surface area contributed by atoms with Crippen molar-refractivity contribution in [3.05, 3.63) is 89.8 Å². The Morgan fingerprint density at radius 2 is 1.81 bits per heavy atom. The van der Waals surface area contributed by atoms with Crippen molar-refractivity contribution >= 4 is 17.3 Å². The Kier molecular flexibility index (Phi) is 5.22. The second-order valence-electron chi connectivity index (χ2n) is 5.79. The average Bonchev–Trinajstić information content (AvgIpc) is 2.65. The molecule has 1 amide bonds. The van der Waals surface area contributed by atoms with E-state index >= 15 is 0 Å². The average molecular weight is 353 g/mol. The monoisotopic (exact) mass is 353 g/mol.